The highest BCUT2D eigenvalue weighted by atomic mass is 16.5. The van der Waals surface area contributed by atoms with E-state index in [1.54, 1.807) is 7.11 Å². The summed E-state index contributed by atoms with van der Waals surface area (Å²) in [7, 11) is 1.65. The van der Waals surface area contributed by atoms with Gasteiger partial charge in [0, 0.05) is 30.2 Å². The van der Waals surface area contributed by atoms with Gasteiger partial charge in [-0.1, -0.05) is 80.0 Å². The minimum atomic E-state index is -0.831. The smallest absolute Gasteiger partial charge is 0.309 e. The van der Waals surface area contributed by atoms with Crippen molar-refractivity contribution in [3.05, 3.63) is 41.0 Å². The average Bonchev–Trinajstić information content (AvgIpc) is 3.40. The Kier molecular flexibility index (Phi) is 9.81. The van der Waals surface area contributed by atoms with Gasteiger partial charge in [-0.15, -0.1) is 0 Å². The van der Waals surface area contributed by atoms with Gasteiger partial charge in [0.15, 0.2) is 5.78 Å². The Morgan fingerprint density at radius 2 is 1.53 bits per heavy atom. The molecule has 2 N–H and O–H groups in total. The number of hydrogen-bond acceptors (Lipinski definition) is 6. The van der Waals surface area contributed by atoms with Crippen LogP contribution in [-0.4, -0.2) is 41.9 Å². The minimum Gasteiger partial charge on any atom is -0.497 e. The number of Topliss-reactive ketones (excluding diaryl/α,β-unsaturated/α-hetero) is 1. The first-order chi connectivity index (χ1) is 25.7. The van der Waals surface area contributed by atoms with Crippen molar-refractivity contribution in [2.24, 2.45) is 68.0 Å². The molecule has 0 spiro atoms. The molecule has 1 amide bonds. The number of esters is 1. The molecule has 5 saturated carbocycles. The highest BCUT2D eigenvalue weighted by Crippen LogP contribution is 2.77. The highest BCUT2D eigenvalue weighted by molar-refractivity contribution is 6.01. The third-order valence-corrected chi connectivity index (χ3v) is 17.8. The molecule has 10 atom stereocenters. The monoisotopic (exact) mass is 757 g/mol. The maximum atomic E-state index is 14.1. The zero-order chi connectivity index (χ0) is 40.1. The molecule has 7 rings (SSSR count). The van der Waals surface area contributed by atoms with Crippen LogP contribution < -0.4 is 10.1 Å². The van der Waals surface area contributed by atoms with Crippen LogP contribution in [0.5, 0.6) is 5.75 Å². The average molecular weight is 758 g/mol. The standard InChI is InChI=1S/C47H67NO7/c1-27(2)38-33(49)24-47(25-37(50)48-26-28-11-13-29(54-10)14-12-28)22-21-45(8)30(39(38)47)15-16-35-44(7)19-18-36(43(5,6)34(44)17-20-46(35,45)9)55-41(53)32-23-31(40(51)52)42(32,3)4/h11-14,27,30-32,34-36H,15-26H2,1-10H3,(H,48,50)(H,51,52)/t30-,31+,32-,34+,35-,36+,44+,45-,46-,47+/m1/s1. The van der Waals surface area contributed by atoms with Gasteiger partial charge in [0.25, 0.3) is 0 Å². The second-order valence-electron chi connectivity index (χ2n) is 21.1. The van der Waals surface area contributed by atoms with Crippen molar-refractivity contribution in [3.8, 4) is 5.75 Å². The van der Waals surface area contributed by atoms with Crippen LogP contribution in [0.25, 0.3) is 0 Å². The SMILES string of the molecule is COc1ccc(CNC(=O)C[C@@]23CC[C@]4(C)[C@H](CC[C@@H]5[C@@]6(C)CC[C@H](OC(=O)[C@H]7C[C@@H](C(=O)O)C7(C)C)C(C)(C)[C@@H]6CC[C@]54C)C2=C(C(C)C)C(=O)C3)cc1. The maximum Gasteiger partial charge on any atom is 0.309 e. The summed E-state index contributed by atoms with van der Waals surface area (Å²) in [6.07, 6.45) is 8.95. The zero-order valence-electron chi connectivity index (χ0n) is 35.2. The molecule has 6 aliphatic rings. The summed E-state index contributed by atoms with van der Waals surface area (Å²) in [6, 6.07) is 7.78. The third kappa shape index (κ3) is 5.94. The van der Waals surface area contributed by atoms with E-state index in [0.29, 0.717) is 37.6 Å². The fraction of sp³-hybridized carbons (Fsp3) is 0.745. The number of carboxylic acids is 1. The number of nitrogens with one attached hydrogen (secondary N) is 1. The predicted octanol–water partition coefficient (Wildman–Crippen LogP) is 9.34. The molecule has 55 heavy (non-hydrogen) atoms. The molecular formula is C47H67NO7. The third-order valence-electron chi connectivity index (χ3n) is 17.8. The van der Waals surface area contributed by atoms with E-state index >= 15 is 0 Å². The lowest BCUT2D eigenvalue weighted by atomic mass is 9.33. The minimum absolute atomic E-state index is 0.00297. The van der Waals surface area contributed by atoms with Crippen molar-refractivity contribution in [3.63, 3.8) is 0 Å². The maximum absolute atomic E-state index is 14.1. The van der Waals surface area contributed by atoms with Gasteiger partial charge in [0.2, 0.25) is 5.91 Å². The fourth-order valence-corrected chi connectivity index (χ4v) is 14.4. The molecule has 302 valence electrons. The molecule has 8 heteroatoms. The topological polar surface area (TPSA) is 119 Å². The van der Waals surface area contributed by atoms with Crippen molar-refractivity contribution in [1.29, 1.82) is 0 Å². The number of carbonyl (C=O) groups excluding carboxylic acids is 3. The number of hydrogen-bond donors (Lipinski definition) is 2. The van der Waals surface area contributed by atoms with Gasteiger partial charge >= 0.3 is 11.9 Å². The normalized spacial score (nSPS) is 39.9. The number of fused-ring (bicyclic) bond motifs is 7. The van der Waals surface area contributed by atoms with Crippen LogP contribution in [0.1, 0.15) is 139 Å². The summed E-state index contributed by atoms with van der Waals surface area (Å²) in [5, 5.41) is 12.9. The van der Waals surface area contributed by atoms with Crippen LogP contribution in [0.15, 0.2) is 35.4 Å². The van der Waals surface area contributed by atoms with Crippen LogP contribution in [-0.2, 0) is 30.5 Å². The number of benzene rings is 1. The van der Waals surface area contributed by atoms with E-state index < -0.39 is 22.7 Å². The predicted molar refractivity (Wildman–Crippen MR) is 212 cm³/mol. The quantitative estimate of drug-likeness (QED) is 0.241. The fourth-order valence-electron chi connectivity index (χ4n) is 14.4. The summed E-state index contributed by atoms with van der Waals surface area (Å²) in [6.45, 7) is 20.8. The first-order valence-electron chi connectivity index (χ1n) is 21.3. The summed E-state index contributed by atoms with van der Waals surface area (Å²) in [5.74, 6) is 0.382. The molecule has 1 aromatic rings. The zero-order valence-corrected chi connectivity index (χ0v) is 35.2. The lowest BCUT2D eigenvalue weighted by molar-refractivity contribution is -0.236. The molecule has 0 heterocycles. The van der Waals surface area contributed by atoms with E-state index in [4.69, 9.17) is 9.47 Å². The van der Waals surface area contributed by atoms with Gasteiger partial charge in [0.05, 0.1) is 18.9 Å². The van der Waals surface area contributed by atoms with Gasteiger partial charge in [-0.2, -0.15) is 0 Å². The van der Waals surface area contributed by atoms with Crippen LogP contribution in [0, 0.1) is 68.0 Å². The molecule has 0 radical (unpaired) electrons. The van der Waals surface area contributed by atoms with Crippen molar-refractivity contribution in [2.75, 3.05) is 7.11 Å². The van der Waals surface area contributed by atoms with Crippen LogP contribution in [0.3, 0.4) is 0 Å². The Morgan fingerprint density at radius 3 is 2.15 bits per heavy atom. The van der Waals surface area contributed by atoms with Crippen LogP contribution >= 0.6 is 0 Å². The Balaban J connectivity index is 1.11. The second-order valence-corrected chi connectivity index (χ2v) is 21.1. The Labute approximate surface area is 329 Å². The van der Waals surface area contributed by atoms with E-state index in [2.05, 4.69) is 53.8 Å². The van der Waals surface area contributed by atoms with Crippen molar-refractivity contribution in [2.45, 2.75) is 146 Å². The lowest BCUT2D eigenvalue weighted by Crippen LogP contribution is -2.66. The summed E-state index contributed by atoms with van der Waals surface area (Å²) in [5.41, 5.74) is 2.25. The number of carboxylic acid groups (broad SMARTS) is 1. The van der Waals surface area contributed by atoms with Crippen molar-refractivity contribution >= 4 is 23.6 Å². The molecule has 0 saturated heterocycles. The molecule has 0 unspecified atom stereocenters. The van der Waals surface area contributed by atoms with E-state index in [9.17, 15) is 24.3 Å². The van der Waals surface area contributed by atoms with Crippen LogP contribution in [0.2, 0.25) is 0 Å². The molecular weight excluding hydrogens is 691 g/mol. The Morgan fingerprint density at radius 1 is 0.836 bits per heavy atom. The van der Waals surface area contributed by atoms with Crippen LogP contribution in [0.4, 0.5) is 0 Å². The first kappa shape index (κ1) is 40.1. The number of aliphatic carboxylic acids is 1. The number of methoxy groups -OCH3 is 1. The van der Waals surface area contributed by atoms with Gasteiger partial charge in [0.1, 0.15) is 11.9 Å². The largest absolute Gasteiger partial charge is 0.497 e. The molecule has 8 nitrogen and oxygen atoms in total. The molecule has 0 bridgehead atoms. The number of rotatable bonds is 9. The Bertz CT molecular complexity index is 1770. The van der Waals surface area contributed by atoms with Gasteiger partial charge in [-0.05, 0) is 126 Å². The number of ether oxygens (including phenoxy) is 2. The van der Waals surface area contributed by atoms with Gasteiger partial charge in [-0.25, -0.2) is 0 Å². The highest BCUT2D eigenvalue weighted by Gasteiger charge is 2.70. The molecule has 0 aliphatic heterocycles. The van der Waals surface area contributed by atoms with E-state index in [0.717, 1.165) is 68.3 Å². The van der Waals surface area contributed by atoms with Gasteiger partial charge < -0.3 is 19.9 Å². The summed E-state index contributed by atoms with van der Waals surface area (Å²) in [4.78, 5) is 53.3. The summed E-state index contributed by atoms with van der Waals surface area (Å²) < 4.78 is 11.7. The second kappa shape index (κ2) is 13.5. The number of amides is 1. The summed E-state index contributed by atoms with van der Waals surface area (Å²) >= 11 is 0. The van der Waals surface area contributed by atoms with E-state index in [-0.39, 0.29) is 63.2 Å². The van der Waals surface area contributed by atoms with E-state index in [1.165, 1.54) is 5.57 Å². The number of allylic oxidation sites excluding steroid dienone is 2. The lowest BCUT2D eigenvalue weighted by Gasteiger charge is -2.72. The van der Waals surface area contributed by atoms with Crippen molar-refractivity contribution < 1.29 is 33.8 Å². The number of ketones is 1. The van der Waals surface area contributed by atoms with E-state index in [1.807, 2.05) is 38.1 Å². The molecule has 1 aromatic carbocycles. The van der Waals surface area contributed by atoms with Crippen molar-refractivity contribution in [1.82, 2.24) is 5.32 Å². The molecule has 6 aliphatic carbocycles. The molecule has 0 aromatic heterocycles. The van der Waals surface area contributed by atoms with Gasteiger partial charge in [-0.3, -0.25) is 19.2 Å². The molecule has 5 fully saturated rings. The number of carbonyl (C=O) groups is 4. The first-order valence-corrected chi connectivity index (χ1v) is 21.3. The Hall–Kier alpha value is -3.16.